The molecule has 0 fully saturated rings. The van der Waals surface area contributed by atoms with Crippen molar-refractivity contribution < 1.29 is 4.79 Å². The smallest absolute Gasteiger partial charge is 0.238 e. The van der Waals surface area contributed by atoms with E-state index in [0.29, 0.717) is 6.42 Å². The second kappa shape index (κ2) is 8.28. The molecule has 3 aromatic rings. The number of anilines is 1. The summed E-state index contributed by atoms with van der Waals surface area (Å²) in [5.41, 5.74) is 2.85. The third-order valence-electron chi connectivity index (χ3n) is 4.38. The Labute approximate surface area is 153 Å². The highest BCUT2D eigenvalue weighted by molar-refractivity contribution is 5.92. The molecule has 0 spiro atoms. The maximum Gasteiger partial charge on any atom is 0.238 e. The molecular weight excluding hydrogens is 322 g/mol. The molecule has 1 amide bonds. The van der Waals surface area contributed by atoms with Gasteiger partial charge in [-0.1, -0.05) is 54.6 Å². The predicted octanol–water partition coefficient (Wildman–Crippen LogP) is 4.20. The van der Waals surface area contributed by atoms with Crippen LogP contribution in [-0.2, 0) is 11.2 Å². The Balaban J connectivity index is 1.59. The number of nitrogens with one attached hydrogen (secondary N) is 2. The van der Waals surface area contributed by atoms with Crippen LogP contribution in [-0.4, -0.2) is 12.5 Å². The highest BCUT2D eigenvalue weighted by Crippen LogP contribution is 2.23. The summed E-state index contributed by atoms with van der Waals surface area (Å²) in [5.74, 6) is -0.0925. The predicted molar refractivity (Wildman–Crippen MR) is 105 cm³/mol. The number of nitriles is 1. The van der Waals surface area contributed by atoms with Crippen molar-refractivity contribution in [3.63, 3.8) is 0 Å². The van der Waals surface area contributed by atoms with Gasteiger partial charge in [-0.15, -0.1) is 0 Å². The van der Waals surface area contributed by atoms with E-state index in [1.807, 2.05) is 42.5 Å². The lowest BCUT2D eigenvalue weighted by Crippen LogP contribution is -2.30. The zero-order valence-electron chi connectivity index (χ0n) is 14.7. The third kappa shape index (κ3) is 4.27. The Morgan fingerprint density at radius 3 is 2.54 bits per heavy atom. The summed E-state index contributed by atoms with van der Waals surface area (Å²) >= 11 is 0. The second-order valence-electron chi connectivity index (χ2n) is 6.25. The molecule has 0 aromatic heterocycles. The molecule has 3 rings (SSSR count). The average Bonchev–Trinajstić information content (AvgIpc) is 2.67. The molecule has 4 nitrogen and oxygen atoms in total. The quantitative estimate of drug-likeness (QED) is 0.705. The van der Waals surface area contributed by atoms with E-state index in [1.165, 1.54) is 16.3 Å². The molecule has 0 aliphatic heterocycles. The number of fused-ring (bicyclic) bond motifs is 1. The minimum absolute atomic E-state index is 0.0601. The Hall–Kier alpha value is -3.16. The summed E-state index contributed by atoms with van der Waals surface area (Å²) in [4.78, 5) is 12.2. The highest BCUT2D eigenvalue weighted by atomic mass is 16.1. The van der Waals surface area contributed by atoms with Crippen LogP contribution in [0.25, 0.3) is 10.8 Å². The van der Waals surface area contributed by atoms with E-state index in [4.69, 9.17) is 5.26 Å². The molecule has 0 unspecified atom stereocenters. The van der Waals surface area contributed by atoms with Crippen molar-refractivity contribution in [1.82, 2.24) is 5.32 Å². The van der Waals surface area contributed by atoms with Crippen LogP contribution in [0.15, 0.2) is 66.7 Å². The summed E-state index contributed by atoms with van der Waals surface area (Å²) in [5, 5.41) is 17.2. The van der Waals surface area contributed by atoms with Crippen molar-refractivity contribution in [3.8, 4) is 6.07 Å². The van der Waals surface area contributed by atoms with Crippen molar-refractivity contribution >= 4 is 22.4 Å². The van der Waals surface area contributed by atoms with E-state index >= 15 is 0 Å². The van der Waals surface area contributed by atoms with Gasteiger partial charge in [0.25, 0.3) is 0 Å². The van der Waals surface area contributed by atoms with Gasteiger partial charge < -0.3 is 10.6 Å². The minimum atomic E-state index is -0.0925. The fourth-order valence-corrected chi connectivity index (χ4v) is 2.99. The van der Waals surface area contributed by atoms with Gasteiger partial charge in [0.1, 0.15) is 0 Å². The number of carbonyl (C=O) groups excluding carboxylic acids is 1. The molecule has 0 saturated carbocycles. The zero-order valence-corrected chi connectivity index (χ0v) is 14.7. The van der Waals surface area contributed by atoms with Crippen LogP contribution in [0.1, 0.15) is 24.1 Å². The molecular formula is C22H21N3O. The van der Waals surface area contributed by atoms with Crippen LogP contribution in [0.3, 0.4) is 0 Å². The van der Waals surface area contributed by atoms with E-state index in [2.05, 4.69) is 47.9 Å². The largest absolute Gasteiger partial charge is 0.325 e. The molecule has 0 heterocycles. The van der Waals surface area contributed by atoms with Gasteiger partial charge in [0.2, 0.25) is 5.91 Å². The van der Waals surface area contributed by atoms with E-state index in [0.717, 1.165) is 11.3 Å². The standard InChI is InChI=1S/C22H21N3O/c1-16(20-8-4-6-18-5-2-3-7-21(18)20)24-15-22(26)25-19-11-9-17(10-12-19)13-14-23/h2-12,16,24H,13,15H2,1H3,(H,25,26)/t16-/m1/s1. The first-order valence-corrected chi connectivity index (χ1v) is 8.64. The molecule has 1 atom stereocenters. The van der Waals surface area contributed by atoms with Crippen molar-refractivity contribution in [1.29, 1.82) is 5.26 Å². The minimum Gasteiger partial charge on any atom is -0.325 e. The molecule has 26 heavy (non-hydrogen) atoms. The molecule has 0 saturated heterocycles. The molecule has 2 N–H and O–H groups in total. The number of hydrogen-bond donors (Lipinski definition) is 2. The maximum atomic E-state index is 12.2. The number of nitrogens with zero attached hydrogens (tertiary/aromatic N) is 1. The lowest BCUT2D eigenvalue weighted by molar-refractivity contribution is -0.115. The number of benzene rings is 3. The Bertz CT molecular complexity index is 936. The number of hydrogen-bond acceptors (Lipinski definition) is 3. The SMILES string of the molecule is C[C@@H](NCC(=O)Nc1ccc(CC#N)cc1)c1cccc2ccccc12. The summed E-state index contributed by atoms with van der Waals surface area (Å²) in [6.45, 7) is 2.29. The van der Waals surface area contributed by atoms with Crippen LogP contribution in [0.5, 0.6) is 0 Å². The van der Waals surface area contributed by atoms with Crippen LogP contribution in [0.2, 0.25) is 0 Å². The fourth-order valence-electron chi connectivity index (χ4n) is 2.99. The van der Waals surface area contributed by atoms with E-state index in [9.17, 15) is 4.79 Å². The van der Waals surface area contributed by atoms with Crippen molar-refractivity contribution in [2.24, 2.45) is 0 Å². The maximum absolute atomic E-state index is 12.2. The van der Waals surface area contributed by atoms with E-state index in [-0.39, 0.29) is 18.5 Å². The molecule has 0 aliphatic rings. The third-order valence-corrected chi connectivity index (χ3v) is 4.38. The van der Waals surface area contributed by atoms with Crippen molar-refractivity contribution in [3.05, 3.63) is 77.9 Å². The lowest BCUT2D eigenvalue weighted by atomic mass is 10.00. The van der Waals surface area contributed by atoms with E-state index < -0.39 is 0 Å². The van der Waals surface area contributed by atoms with Gasteiger partial charge in [0.05, 0.1) is 19.0 Å². The second-order valence-corrected chi connectivity index (χ2v) is 6.25. The molecule has 3 aromatic carbocycles. The zero-order chi connectivity index (χ0) is 18.4. The average molecular weight is 343 g/mol. The van der Waals surface area contributed by atoms with Crippen LogP contribution < -0.4 is 10.6 Å². The summed E-state index contributed by atoms with van der Waals surface area (Å²) in [6.07, 6.45) is 0.373. The Morgan fingerprint density at radius 2 is 1.77 bits per heavy atom. The van der Waals surface area contributed by atoms with Crippen LogP contribution in [0.4, 0.5) is 5.69 Å². The van der Waals surface area contributed by atoms with Crippen molar-refractivity contribution in [2.45, 2.75) is 19.4 Å². The molecule has 0 bridgehead atoms. The molecule has 0 radical (unpaired) electrons. The number of rotatable bonds is 6. The number of carbonyl (C=O) groups is 1. The Kier molecular flexibility index (Phi) is 5.62. The summed E-state index contributed by atoms with van der Waals surface area (Å²) in [6, 6.07) is 24.0. The first-order valence-electron chi connectivity index (χ1n) is 8.64. The summed E-state index contributed by atoms with van der Waals surface area (Å²) in [7, 11) is 0. The molecule has 4 heteroatoms. The van der Waals surface area contributed by atoms with Gasteiger partial charge in [-0.25, -0.2) is 0 Å². The van der Waals surface area contributed by atoms with Crippen LogP contribution in [0, 0.1) is 11.3 Å². The van der Waals surface area contributed by atoms with Gasteiger partial charge in [0, 0.05) is 11.7 Å². The molecule has 0 aliphatic carbocycles. The Morgan fingerprint density at radius 1 is 1.04 bits per heavy atom. The van der Waals surface area contributed by atoms with Gasteiger partial charge in [-0.05, 0) is 41.0 Å². The summed E-state index contributed by atoms with van der Waals surface area (Å²) < 4.78 is 0. The topological polar surface area (TPSA) is 64.9 Å². The van der Waals surface area contributed by atoms with Gasteiger partial charge in [0.15, 0.2) is 0 Å². The lowest BCUT2D eigenvalue weighted by Gasteiger charge is -2.16. The van der Waals surface area contributed by atoms with Crippen molar-refractivity contribution in [2.75, 3.05) is 11.9 Å². The highest BCUT2D eigenvalue weighted by Gasteiger charge is 2.10. The first-order chi connectivity index (χ1) is 12.7. The van der Waals surface area contributed by atoms with E-state index in [1.54, 1.807) is 0 Å². The first kappa shape index (κ1) is 17.7. The fraction of sp³-hybridized carbons (Fsp3) is 0.182. The number of amides is 1. The normalized spacial score (nSPS) is 11.7. The molecule has 130 valence electrons. The van der Waals surface area contributed by atoms with Gasteiger partial charge >= 0.3 is 0 Å². The van der Waals surface area contributed by atoms with Gasteiger partial charge in [-0.3, -0.25) is 4.79 Å². The van der Waals surface area contributed by atoms with Gasteiger partial charge in [-0.2, -0.15) is 5.26 Å². The monoisotopic (exact) mass is 343 g/mol. The van der Waals surface area contributed by atoms with Crippen LogP contribution >= 0.6 is 0 Å².